The van der Waals surface area contributed by atoms with Crippen molar-refractivity contribution in [1.29, 1.82) is 0 Å². The second kappa shape index (κ2) is 4.43. The number of fused-ring (bicyclic) bond motifs is 1. The van der Waals surface area contributed by atoms with E-state index in [2.05, 4.69) is 39.7 Å². The highest BCUT2D eigenvalue weighted by Gasteiger charge is 2.32. The van der Waals surface area contributed by atoms with Gasteiger partial charge in [-0.25, -0.2) is 0 Å². The fourth-order valence-corrected chi connectivity index (χ4v) is 2.74. The molecule has 2 heterocycles. The molecule has 0 bridgehead atoms. The molecular weight excluding hydrogens is 242 g/mol. The molecule has 5 heteroatoms. The molecule has 0 amide bonds. The third-order valence-corrected chi connectivity index (χ3v) is 3.84. The van der Waals surface area contributed by atoms with Crippen LogP contribution < -0.4 is 5.32 Å². The number of morpholine rings is 1. The molecule has 0 saturated carbocycles. The second-order valence-electron chi connectivity index (χ2n) is 5.03. The van der Waals surface area contributed by atoms with E-state index in [0.717, 1.165) is 25.5 Å². The molecular formula is C14H15N3O2. The van der Waals surface area contributed by atoms with Gasteiger partial charge < -0.3 is 14.6 Å². The summed E-state index contributed by atoms with van der Waals surface area (Å²) in [6, 6.07) is 8.47. The standard InChI is InChI=1S/C14H15N3O2/c1-2-4-10-9(3-1)7-11(10)14-16-13(17-19-14)12-8-18-6-5-15-12/h1-4,11-12,15H,5-8H2. The molecule has 0 spiro atoms. The molecule has 2 unspecified atom stereocenters. The summed E-state index contributed by atoms with van der Waals surface area (Å²) in [5, 5.41) is 7.42. The second-order valence-corrected chi connectivity index (χ2v) is 5.03. The van der Waals surface area contributed by atoms with E-state index < -0.39 is 0 Å². The van der Waals surface area contributed by atoms with Gasteiger partial charge in [-0.1, -0.05) is 29.4 Å². The molecule has 2 aromatic rings. The van der Waals surface area contributed by atoms with Gasteiger partial charge in [0.05, 0.1) is 25.2 Å². The summed E-state index contributed by atoms with van der Waals surface area (Å²) in [7, 11) is 0. The van der Waals surface area contributed by atoms with E-state index in [1.54, 1.807) is 0 Å². The average Bonchev–Trinajstić information content (AvgIpc) is 2.91. The van der Waals surface area contributed by atoms with Gasteiger partial charge in [-0.3, -0.25) is 0 Å². The van der Waals surface area contributed by atoms with Crippen molar-refractivity contribution in [1.82, 2.24) is 15.5 Å². The molecule has 1 N–H and O–H groups in total. The van der Waals surface area contributed by atoms with Crippen LogP contribution in [0.2, 0.25) is 0 Å². The Bertz CT molecular complexity index is 590. The summed E-state index contributed by atoms with van der Waals surface area (Å²) in [5.41, 5.74) is 2.69. The van der Waals surface area contributed by atoms with Crippen molar-refractivity contribution >= 4 is 0 Å². The number of nitrogens with zero attached hydrogens (tertiary/aromatic N) is 2. The number of ether oxygens (including phenoxy) is 1. The van der Waals surface area contributed by atoms with Crippen LogP contribution in [0.25, 0.3) is 0 Å². The lowest BCUT2D eigenvalue weighted by Crippen LogP contribution is -2.35. The Morgan fingerprint density at radius 1 is 1.26 bits per heavy atom. The first-order chi connectivity index (χ1) is 9.42. The molecule has 1 aromatic heterocycles. The SMILES string of the molecule is c1ccc2c(c1)CC2c1nc(C2COCCN2)no1. The van der Waals surface area contributed by atoms with E-state index in [-0.39, 0.29) is 12.0 Å². The maximum absolute atomic E-state index is 5.42. The van der Waals surface area contributed by atoms with Crippen molar-refractivity contribution < 1.29 is 9.26 Å². The highest BCUT2D eigenvalue weighted by molar-refractivity contribution is 5.43. The van der Waals surface area contributed by atoms with Crippen LogP contribution in [0.4, 0.5) is 0 Å². The van der Waals surface area contributed by atoms with E-state index in [0.29, 0.717) is 12.4 Å². The van der Waals surface area contributed by atoms with Crippen LogP contribution >= 0.6 is 0 Å². The Kier molecular flexibility index (Phi) is 2.60. The van der Waals surface area contributed by atoms with Gasteiger partial charge >= 0.3 is 0 Å². The molecule has 1 aliphatic carbocycles. The Morgan fingerprint density at radius 2 is 2.21 bits per heavy atom. The van der Waals surface area contributed by atoms with Crippen LogP contribution in [0.5, 0.6) is 0 Å². The largest absolute Gasteiger partial charge is 0.378 e. The van der Waals surface area contributed by atoms with E-state index >= 15 is 0 Å². The van der Waals surface area contributed by atoms with Gasteiger partial charge in [0.15, 0.2) is 5.82 Å². The van der Waals surface area contributed by atoms with Gasteiger partial charge in [-0.2, -0.15) is 4.98 Å². The molecule has 98 valence electrons. The lowest BCUT2D eigenvalue weighted by molar-refractivity contribution is 0.0734. The van der Waals surface area contributed by atoms with Crippen LogP contribution in [0, 0.1) is 0 Å². The topological polar surface area (TPSA) is 60.2 Å². The number of benzene rings is 1. The maximum Gasteiger partial charge on any atom is 0.234 e. The highest BCUT2D eigenvalue weighted by Crippen LogP contribution is 2.39. The van der Waals surface area contributed by atoms with Gasteiger partial charge in [0.25, 0.3) is 0 Å². The molecule has 19 heavy (non-hydrogen) atoms. The minimum Gasteiger partial charge on any atom is -0.378 e. The quantitative estimate of drug-likeness (QED) is 0.881. The van der Waals surface area contributed by atoms with Crippen molar-refractivity contribution in [3.8, 4) is 0 Å². The molecule has 1 fully saturated rings. The Hall–Kier alpha value is -1.72. The molecule has 5 nitrogen and oxygen atoms in total. The van der Waals surface area contributed by atoms with Crippen LogP contribution in [0.15, 0.2) is 28.8 Å². The first kappa shape index (κ1) is 11.1. The summed E-state index contributed by atoms with van der Waals surface area (Å²) in [5.74, 6) is 1.70. The van der Waals surface area contributed by atoms with Gasteiger partial charge in [0.2, 0.25) is 5.89 Å². The maximum atomic E-state index is 5.42. The average molecular weight is 257 g/mol. The van der Waals surface area contributed by atoms with Gasteiger partial charge in [0, 0.05) is 6.54 Å². The predicted molar refractivity (Wildman–Crippen MR) is 67.8 cm³/mol. The zero-order chi connectivity index (χ0) is 12.7. The molecule has 2 aliphatic rings. The molecule has 2 atom stereocenters. The van der Waals surface area contributed by atoms with Crippen molar-refractivity contribution in [2.75, 3.05) is 19.8 Å². The molecule has 1 saturated heterocycles. The summed E-state index contributed by atoms with van der Waals surface area (Å²) in [6.07, 6.45) is 0.992. The van der Waals surface area contributed by atoms with Crippen LogP contribution in [0.3, 0.4) is 0 Å². The molecule has 1 aliphatic heterocycles. The number of aromatic nitrogens is 2. The Morgan fingerprint density at radius 3 is 3.05 bits per heavy atom. The van der Waals surface area contributed by atoms with E-state index in [1.165, 1.54) is 11.1 Å². The van der Waals surface area contributed by atoms with Gasteiger partial charge in [0.1, 0.15) is 0 Å². The fraction of sp³-hybridized carbons (Fsp3) is 0.429. The summed E-state index contributed by atoms with van der Waals surface area (Å²) >= 11 is 0. The van der Waals surface area contributed by atoms with E-state index in [9.17, 15) is 0 Å². The van der Waals surface area contributed by atoms with Gasteiger partial charge in [-0.15, -0.1) is 0 Å². The van der Waals surface area contributed by atoms with Crippen molar-refractivity contribution in [3.05, 3.63) is 47.1 Å². The first-order valence-corrected chi connectivity index (χ1v) is 6.64. The summed E-state index contributed by atoms with van der Waals surface area (Å²) < 4.78 is 10.8. The van der Waals surface area contributed by atoms with Crippen LogP contribution in [-0.2, 0) is 11.2 Å². The predicted octanol–water partition coefficient (Wildman–Crippen LogP) is 1.42. The molecule has 1 aromatic carbocycles. The minimum atomic E-state index is 0.0570. The summed E-state index contributed by atoms with van der Waals surface area (Å²) in [4.78, 5) is 4.53. The van der Waals surface area contributed by atoms with Crippen molar-refractivity contribution in [3.63, 3.8) is 0 Å². The third kappa shape index (κ3) is 1.86. The smallest absolute Gasteiger partial charge is 0.234 e. The highest BCUT2D eigenvalue weighted by atomic mass is 16.5. The van der Waals surface area contributed by atoms with Crippen molar-refractivity contribution in [2.45, 2.75) is 18.4 Å². The zero-order valence-electron chi connectivity index (χ0n) is 10.5. The fourth-order valence-electron chi connectivity index (χ4n) is 2.74. The first-order valence-electron chi connectivity index (χ1n) is 6.64. The lowest BCUT2D eigenvalue weighted by Gasteiger charge is -2.26. The Balaban J connectivity index is 1.56. The summed E-state index contributed by atoms with van der Waals surface area (Å²) in [6.45, 7) is 2.19. The van der Waals surface area contributed by atoms with E-state index in [1.807, 2.05) is 0 Å². The molecule has 4 rings (SSSR count). The molecule has 0 radical (unpaired) electrons. The van der Waals surface area contributed by atoms with Crippen LogP contribution in [-0.4, -0.2) is 29.9 Å². The number of rotatable bonds is 2. The lowest BCUT2D eigenvalue weighted by atomic mass is 9.77. The number of hydrogen-bond acceptors (Lipinski definition) is 5. The van der Waals surface area contributed by atoms with Crippen molar-refractivity contribution in [2.24, 2.45) is 0 Å². The third-order valence-electron chi connectivity index (χ3n) is 3.84. The monoisotopic (exact) mass is 257 g/mol. The zero-order valence-corrected chi connectivity index (χ0v) is 10.5. The normalized spacial score (nSPS) is 25.7. The Labute approximate surface area is 111 Å². The van der Waals surface area contributed by atoms with Gasteiger partial charge in [-0.05, 0) is 17.5 Å². The van der Waals surface area contributed by atoms with Crippen LogP contribution in [0.1, 0.15) is 34.8 Å². The number of nitrogens with one attached hydrogen (secondary N) is 1. The van der Waals surface area contributed by atoms with E-state index in [4.69, 9.17) is 9.26 Å². The number of hydrogen-bond donors (Lipinski definition) is 1. The minimum absolute atomic E-state index is 0.0570.